The second kappa shape index (κ2) is 5.25. The first kappa shape index (κ1) is 15.8. The summed E-state index contributed by atoms with van der Waals surface area (Å²) in [5, 5.41) is 0. The van der Waals surface area contributed by atoms with Crippen LogP contribution in [0.25, 0.3) is 0 Å². The first-order valence-corrected chi connectivity index (χ1v) is 9.43. The van der Waals surface area contributed by atoms with E-state index in [1.54, 1.807) is 0 Å². The molecule has 0 spiro atoms. The van der Waals surface area contributed by atoms with Crippen LogP contribution in [-0.4, -0.2) is 25.0 Å². The molecule has 3 aliphatic rings. The lowest BCUT2D eigenvalue weighted by Crippen LogP contribution is -2.63. The molecule has 3 saturated carbocycles. The molecule has 0 saturated heterocycles. The minimum absolute atomic E-state index is 0.522. The van der Waals surface area contributed by atoms with Crippen molar-refractivity contribution in [3.05, 3.63) is 0 Å². The molecule has 0 amide bonds. The number of nitrogens with zero attached hydrogens (tertiary/aromatic N) is 1. The molecule has 3 aliphatic carbocycles. The molecule has 3 fully saturated rings. The van der Waals surface area contributed by atoms with Gasteiger partial charge in [0.1, 0.15) is 0 Å². The second-order valence-corrected chi connectivity index (χ2v) is 9.59. The number of hydrogen-bond donors (Lipinski definition) is 0. The predicted octanol–water partition coefficient (Wildman–Crippen LogP) is 4.92. The summed E-state index contributed by atoms with van der Waals surface area (Å²) in [6.45, 7) is 12.9. The summed E-state index contributed by atoms with van der Waals surface area (Å²) >= 11 is 0. The maximum Gasteiger partial charge on any atom is 0.0174 e. The Morgan fingerprint density at radius 3 is 2.05 bits per heavy atom. The lowest BCUT2D eigenvalue weighted by molar-refractivity contribution is -0.152. The zero-order valence-corrected chi connectivity index (χ0v) is 15.4. The molecule has 9 atom stereocenters. The summed E-state index contributed by atoms with van der Waals surface area (Å²) in [6.07, 6.45) is 5.90. The quantitative estimate of drug-likeness (QED) is 0.663. The molecule has 0 heterocycles. The van der Waals surface area contributed by atoms with Gasteiger partial charge in [0.25, 0.3) is 0 Å². The summed E-state index contributed by atoms with van der Waals surface area (Å²) in [7, 11) is 4.68. The average Bonchev–Trinajstić information content (AvgIpc) is 2.37. The van der Waals surface area contributed by atoms with Gasteiger partial charge in [-0.3, -0.25) is 0 Å². The van der Waals surface area contributed by atoms with E-state index in [0.29, 0.717) is 5.41 Å². The Morgan fingerprint density at radius 2 is 1.52 bits per heavy atom. The zero-order valence-electron chi connectivity index (χ0n) is 15.4. The van der Waals surface area contributed by atoms with Crippen molar-refractivity contribution in [3.8, 4) is 0 Å². The lowest BCUT2D eigenvalue weighted by atomic mass is 9.43. The van der Waals surface area contributed by atoms with Crippen LogP contribution < -0.4 is 0 Å². The van der Waals surface area contributed by atoms with Gasteiger partial charge in [0.05, 0.1) is 0 Å². The molecule has 1 heteroatoms. The third-order valence-electron chi connectivity index (χ3n) is 8.04. The van der Waals surface area contributed by atoms with E-state index < -0.39 is 0 Å². The van der Waals surface area contributed by atoms with Crippen molar-refractivity contribution >= 4 is 0 Å². The Morgan fingerprint density at radius 1 is 0.905 bits per heavy atom. The summed E-state index contributed by atoms with van der Waals surface area (Å²) in [5.74, 6) is 6.59. The minimum atomic E-state index is 0.522. The van der Waals surface area contributed by atoms with Crippen LogP contribution in [0.1, 0.15) is 60.3 Å². The minimum Gasteiger partial charge on any atom is -0.306 e. The van der Waals surface area contributed by atoms with Crippen LogP contribution in [0.2, 0.25) is 0 Å². The van der Waals surface area contributed by atoms with E-state index in [2.05, 4.69) is 53.6 Å². The fourth-order valence-corrected chi connectivity index (χ4v) is 7.52. The van der Waals surface area contributed by atoms with E-state index in [9.17, 15) is 0 Å². The first-order valence-electron chi connectivity index (χ1n) is 9.43. The van der Waals surface area contributed by atoms with Crippen molar-refractivity contribution in [2.24, 2.45) is 46.8 Å². The Kier molecular flexibility index (Phi) is 3.96. The largest absolute Gasteiger partial charge is 0.306 e. The topological polar surface area (TPSA) is 3.24 Å². The van der Waals surface area contributed by atoms with E-state index in [1.807, 2.05) is 0 Å². The van der Waals surface area contributed by atoms with E-state index in [-0.39, 0.29) is 0 Å². The van der Waals surface area contributed by atoms with E-state index >= 15 is 0 Å². The van der Waals surface area contributed by atoms with Crippen molar-refractivity contribution < 1.29 is 0 Å². The molecule has 3 rings (SSSR count). The molecule has 0 aromatic heterocycles. The summed E-state index contributed by atoms with van der Waals surface area (Å²) in [6, 6.07) is 0.777. The number of rotatable bonds is 1. The third kappa shape index (κ3) is 2.21. The molecule has 0 aromatic rings. The van der Waals surface area contributed by atoms with Gasteiger partial charge in [-0.05, 0) is 86.6 Å². The number of hydrogen-bond acceptors (Lipinski definition) is 1. The van der Waals surface area contributed by atoms with Crippen LogP contribution in [0.4, 0.5) is 0 Å². The maximum absolute atomic E-state index is 2.67. The van der Waals surface area contributed by atoms with Gasteiger partial charge >= 0.3 is 0 Å². The smallest absolute Gasteiger partial charge is 0.0174 e. The van der Waals surface area contributed by atoms with Gasteiger partial charge in [-0.15, -0.1) is 0 Å². The number of fused-ring (bicyclic) bond motifs is 3. The highest BCUT2D eigenvalue weighted by Crippen LogP contribution is 2.64. The SMILES string of the molecule is CC1CC(C)C(C)C2[C@@H]3CC[C@@H]3C(C)C(N(C)C)C2(C)C1. The summed E-state index contributed by atoms with van der Waals surface area (Å²) < 4.78 is 0. The van der Waals surface area contributed by atoms with E-state index in [0.717, 1.165) is 47.5 Å². The van der Waals surface area contributed by atoms with Gasteiger partial charge in [-0.25, -0.2) is 0 Å². The van der Waals surface area contributed by atoms with Gasteiger partial charge < -0.3 is 4.90 Å². The zero-order chi connectivity index (χ0) is 15.5. The van der Waals surface area contributed by atoms with Gasteiger partial charge in [0.2, 0.25) is 0 Å². The summed E-state index contributed by atoms with van der Waals surface area (Å²) in [4.78, 5) is 2.58. The molecule has 7 unspecified atom stereocenters. The molecule has 1 nitrogen and oxygen atoms in total. The fourth-order valence-electron chi connectivity index (χ4n) is 7.52. The standard InChI is InChI=1S/C20H37N/c1-12-10-13(2)14(3)18-17-9-8-16(17)15(4)19(21(6)7)20(18,5)11-12/h12-19H,8-11H2,1-7H3/t12?,13?,14?,15?,16-,17-,18?,19?,20?/m1/s1. The van der Waals surface area contributed by atoms with Crippen LogP contribution in [0.15, 0.2) is 0 Å². The molecule has 0 aromatic carbocycles. The van der Waals surface area contributed by atoms with Gasteiger partial charge in [-0.1, -0.05) is 34.6 Å². The Bertz CT molecular complexity index is 387. The third-order valence-corrected chi connectivity index (χ3v) is 8.04. The highest BCUT2D eigenvalue weighted by Gasteiger charge is 2.61. The fraction of sp³-hybridized carbons (Fsp3) is 1.00. The highest BCUT2D eigenvalue weighted by atomic mass is 15.1. The van der Waals surface area contributed by atoms with Gasteiger partial charge in [-0.2, -0.15) is 0 Å². The van der Waals surface area contributed by atoms with Crippen LogP contribution in [0, 0.1) is 46.8 Å². The Hall–Kier alpha value is -0.0400. The van der Waals surface area contributed by atoms with Crippen LogP contribution >= 0.6 is 0 Å². The summed E-state index contributed by atoms with van der Waals surface area (Å²) in [5.41, 5.74) is 0.522. The first-order chi connectivity index (χ1) is 9.77. The Balaban J connectivity index is 2.05. The van der Waals surface area contributed by atoms with Gasteiger partial charge in [0.15, 0.2) is 0 Å². The lowest BCUT2D eigenvalue weighted by Gasteiger charge is -2.64. The van der Waals surface area contributed by atoms with Gasteiger partial charge in [0, 0.05) is 6.04 Å². The molecule has 122 valence electrons. The average molecular weight is 292 g/mol. The van der Waals surface area contributed by atoms with E-state index in [4.69, 9.17) is 0 Å². The predicted molar refractivity (Wildman–Crippen MR) is 91.2 cm³/mol. The van der Waals surface area contributed by atoms with Crippen molar-refractivity contribution in [1.82, 2.24) is 4.90 Å². The van der Waals surface area contributed by atoms with Crippen molar-refractivity contribution in [2.75, 3.05) is 14.1 Å². The van der Waals surface area contributed by atoms with E-state index in [1.165, 1.54) is 25.7 Å². The molecule has 0 radical (unpaired) electrons. The molecular formula is C20H37N. The van der Waals surface area contributed by atoms with Crippen LogP contribution in [0.5, 0.6) is 0 Å². The maximum atomic E-state index is 2.67. The molecule has 0 aliphatic heterocycles. The van der Waals surface area contributed by atoms with Crippen molar-refractivity contribution in [3.63, 3.8) is 0 Å². The molecular weight excluding hydrogens is 254 g/mol. The van der Waals surface area contributed by atoms with Crippen molar-refractivity contribution in [2.45, 2.75) is 66.3 Å². The Labute approximate surface area is 132 Å². The molecule has 21 heavy (non-hydrogen) atoms. The van der Waals surface area contributed by atoms with Crippen molar-refractivity contribution in [1.29, 1.82) is 0 Å². The monoisotopic (exact) mass is 291 g/mol. The second-order valence-electron chi connectivity index (χ2n) is 9.59. The molecule has 0 N–H and O–H groups in total. The highest BCUT2D eigenvalue weighted by molar-refractivity contribution is 5.11. The van der Waals surface area contributed by atoms with Crippen LogP contribution in [0.3, 0.4) is 0 Å². The molecule has 0 bridgehead atoms. The normalized spacial score (nSPS) is 57.1. The van der Waals surface area contributed by atoms with Crippen LogP contribution in [-0.2, 0) is 0 Å².